The largest absolute Gasteiger partial charge is 0.404 e. The minimum absolute atomic E-state index is 0.424. The van der Waals surface area contributed by atoms with Crippen molar-refractivity contribution in [3.05, 3.63) is 36.3 Å². The monoisotopic (exact) mass is 213 g/mol. The zero-order chi connectivity index (χ0) is 11.5. The Morgan fingerprint density at radius 1 is 1.31 bits per heavy atom. The summed E-state index contributed by atoms with van der Waals surface area (Å²) in [6.45, 7) is 0. The molecule has 0 saturated carbocycles. The van der Waals surface area contributed by atoms with E-state index in [9.17, 15) is 0 Å². The standard InChI is InChI=1S/C11H11N5/c12-4-8(5-13)7-1-2-10-9(3-7)11(14)16-6-15-10/h1-6,12H,13H2,(H2,14,15,16). The lowest BCUT2D eigenvalue weighted by Gasteiger charge is -2.04. The fourth-order valence-electron chi connectivity index (χ4n) is 1.48. The van der Waals surface area contributed by atoms with Gasteiger partial charge in [0.05, 0.1) is 5.52 Å². The SMILES string of the molecule is N=CC(=CN)c1ccc2ncnc(N)c2c1. The lowest BCUT2D eigenvalue weighted by molar-refractivity contribution is 1.23. The van der Waals surface area contributed by atoms with Gasteiger partial charge < -0.3 is 16.9 Å². The van der Waals surface area contributed by atoms with Gasteiger partial charge >= 0.3 is 0 Å². The molecule has 2 rings (SSSR count). The molecule has 0 amide bonds. The highest BCUT2D eigenvalue weighted by atomic mass is 14.9. The molecule has 0 unspecified atom stereocenters. The molecule has 5 N–H and O–H groups in total. The van der Waals surface area contributed by atoms with Crippen LogP contribution in [0.5, 0.6) is 0 Å². The summed E-state index contributed by atoms with van der Waals surface area (Å²) in [7, 11) is 0. The van der Waals surface area contributed by atoms with Crippen molar-refractivity contribution in [1.82, 2.24) is 9.97 Å². The highest BCUT2D eigenvalue weighted by molar-refractivity contribution is 6.09. The summed E-state index contributed by atoms with van der Waals surface area (Å²) in [5.41, 5.74) is 13.4. The van der Waals surface area contributed by atoms with Crippen molar-refractivity contribution in [2.45, 2.75) is 0 Å². The maximum absolute atomic E-state index is 7.22. The van der Waals surface area contributed by atoms with Crippen LogP contribution in [0.15, 0.2) is 30.7 Å². The minimum Gasteiger partial charge on any atom is -0.404 e. The van der Waals surface area contributed by atoms with E-state index in [1.54, 1.807) is 0 Å². The van der Waals surface area contributed by atoms with Crippen molar-refractivity contribution in [3.8, 4) is 0 Å². The Labute approximate surface area is 92.3 Å². The minimum atomic E-state index is 0.424. The molecule has 0 spiro atoms. The fourth-order valence-corrected chi connectivity index (χ4v) is 1.48. The van der Waals surface area contributed by atoms with Gasteiger partial charge in [-0.15, -0.1) is 0 Å². The first-order chi connectivity index (χ1) is 7.76. The van der Waals surface area contributed by atoms with Gasteiger partial charge in [0.2, 0.25) is 0 Å². The van der Waals surface area contributed by atoms with Gasteiger partial charge in [-0.2, -0.15) is 0 Å². The van der Waals surface area contributed by atoms with Crippen molar-refractivity contribution in [3.63, 3.8) is 0 Å². The number of aromatic nitrogens is 2. The van der Waals surface area contributed by atoms with Gasteiger partial charge in [0, 0.05) is 23.4 Å². The van der Waals surface area contributed by atoms with Crippen LogP contribution in [0, 0.1) is 5.41 Å². The second-order valence-corrected chi connectivity index (χ2v) is 3.26. The van der Waals surface area contributed by atoms with Crippen molar-refractivity contribution in [1.29, 1.82) is 5.41 Å². The first-order valence-electron chi connectivity index (χ1n) is 4.69. The molecule has 0 aliphatic heterocycles. The summed E-state index contributed by atoms with van der Waals surface area (Å²) in [6, 6.07) is 5.50. The van der Waals surface area contributed by atoms with Gasteiger partial charge in [-0.3, -0.25) is 0 Å². The predicted molar refractivity (Wildman–Crippen MR) is 64.9 cm³/mol. The molecule has 2 aromatic rings. The van der Waals surface area contributed by atoms with Gasteiger partial charge in [-0.1, -0.05) is 6.07 Å². The second-order valence-electron chi connectivity index (χ2n) is 3.26. The number of benzene rings is 1. The van der Waals surface area contributed by atoms with Crippen LogP contribution < -0.4 is 11.5 Å². The Morgan fingerprint density at radius 3 is 2.81 bits per heavy atom. The maximum Gasteiger partial charge on any atom is 0.134 e. The normalized spacial score (nSPS) is 11.6. The molecule has 1 aromatic heterocycles. The average molecular weight is 213 g/mol. The van der Waals surface area contributed by atoms with E-state index in [0.717, 1.165) is 16.5 Å². The van der Waals surface area contributed by atoms with E-state index in [1.807, 2.05) is 18.2 Å². The number of nitrogens with two attached hydrogens (primary N) is 2. The molecule has 0 atom stereocenters. The van der Waals surface area contributed by atoms with E-state index in [4.69, 9.17) is 16.9 Å². The molecule has 1 aromatic carbocycles. The lowest BCUT2D eigenvalue weighted by Crippen LogP contribution is -1.95. The predicted octanol–water partition coefficient (Wildman–Crippen LogP) is 1.16. The molecule has 0 radical (unpaired) electrons. The number of nitrogens with one attached hydrogen (secondary N) is 1. The van der Waals surface area contributed by atoms with Crippen molar-refractivity contribution < 1.29 is 0 Å². The first-order valence-corrected chi connectivity index (χ1v) is 4.69. The van der Waals surface area contributed by atoms with E-state index < -0.39 is 0 Å². The number of anilines is 1. The molecule has 0 saturated heterocycles. The summed E-state index contributed by atoms with van der Waals surface area (Å²) in [5.74, 6) is 0.424. The Bertz CT molecular complexity index is 574. The fraction of sp³-hybridized carbons (Fsp3) is 0. The van der Waals surface area contributed by atoms with E-state index >= 15 is 0 Å². The molecular weight excluding hydrogens is 202 g/mol. The number of nitrogens with zero attached hydrogens (tertiary/aromatic N) is 2. The number of allylic oxidation sites excluding steroid dienone is 1. The van der Waals surface area contributed by atoms with Crippen LogP contribution in [0.4, 0.5) is 5.82 Å². The zero-order valence-corrected chi connectivity index (χ0v) is 8.51. The molecule has 80 valence electrons. The Balaban J connectivity index is 2.68. The number of hydrogen-bond donors (Lipinski definition) is 3. The third-order valence-electron chi connectivity index (χ3n) is 2.33. The highest BCUT2D eigenvalue weighted by Crippen LogP contribution is 2.21. The topological polar surface area (TPSA) is 102 Å². The van der Waals surface area contributed by atoms with Gasteiger partial charge in [-0.25, -0.2) is 9.97 Å². The number of rotatable bonds is 2. The summed E-state index contributed by atoms with van der Waals surface area (Å²) in [5, 5.41) is 7.99. The van der Waals surface area contributed by atoms with Gasteiger partial charge in [-0.05, 0) is 17.7 Å². The van der Waals surface area contributed by atoms with E-state index in [0.29, 0.717) is 11.4 Å². The highest BCUT2D eigenvalue weighted by Gasteiger charge is 2.03. The molecule has 16 heavy (non-hydrogen) atoms. The molecule has 5 nitrogen and oxygen atoms in total. The molecule has 0 aliphatic carbocycles. The van der Waals surface area contributed by atoms with Crippen LogP contribution in [-0.2, 0) is 0 Å². The molecule has 0 aliphatic rings. The molecular formula is C11H11N5. The summed E-state index contributed by atoms with van der Waals surface area (Å²) < 4.78 is 0. The van der Waals surface area contributed by atoms with E-state index in [1.165, 1.54) is 18.7 Å². The van der Waals surface area contributed by atoms with Crippen molar-refractivity contribution in [2.24, 2.45) is 5.73 Å². The third kappa shape index (κ3) is 1.58. The van der Waals surface area contributed by atoms with Crippen LogP contribution in [-0.4, -0.2) is 16.2 Å². The van der Waals surface area contributed by atoms with Crippen LogP contribution in [0.2, 0.25) is 0 Å². The average Bonchev–Trinajstić information content (AvgIpc) is 2.32. The van der Waals surface area contributed by atoms with Crippen LogP contribution >= 0.6 is 0 Å². The Kier molecular flexibility index (Phi) is 2.51. The van der Waals surface area contributed by atoms with Gasteiger partial charge in [0.1, 0.15) is 12.1 Å². The third-order valence-corrected chi connectivity index (χ3v) is 2.33. The first kappa shape index (κ1) is 10.1. The Morgan fingerprint density at radius 2 is 2.12 bits per heavy atom. The maximum atomic E-state index is 7.22. The summed E-state index contributed by atoms with van der Waals surface area (Å²) in [6.07, 6.45) is 4.00. The van der Waals surface area contributed by atoms with Crippen molar-refractivity contribution in [2.75, 3.05) is 5.73 Å². The molecule has 1 heterocycles. The van der Waals surface area contributed by atoms with E-state index in [-0.39, 0.29) is 0 Å². The lowest BCUT2D eigenvalue weighted by atomic mass is 10.1. The van der Waals surface area contributed by atoms with Crippen LogP contribution in [0.1, 0.15) is 5.56 Å². The summed E-state index contributed by atoms with van der Waals surface area (Å²) >= 11 is 0. The van der Waals surface area contributed by atoms with Gasteiger partial charge in [0.15, 0.2) is 0 Å². The second kappa shape index (κ2) is 3.98. The number of hydrogen-bond acceptors (Lipinski definition) is 5. The smallest absolute Gasteiger partial charge is 0.134 e. The van der Waals surface area contributed by atoms with Gasteiger partial charge in [0.25, 0.3) is 0 Å². The van der Waals surface area contributed by atoms with Crippen molar-refractivity contribution >= 4 is 28.5 Å². The van der Waals surface area contributed by atoms with Crippen LogP contribution in [0.25, 0.3) is 16.5 Å². The molecule has 0 bridgehead atoms. The zero-order valence-electron chi connectivity index (χ0n) is 8.51. The van der Waals surface area contributed by atoms with E-state index in [2.05, 4.69) is 9.97 Å². The molecule has 5 heteroatoms. The van der Waals surface area contributed by atoms with Crippen LogP contribution in [0.3, 0.4) is 0 Å². The quantitative estimate of drug-likeness (QED) is 0.651. The molecule has 0 fully saturated rings. The number of nitrogen functional groups attached to an aromatic ring is 1. The summed E-state index contributed by atoms with van der Waals surface area (Å²) in [4.78, 5) is 8.01. The Hall–Kier alpha value is -2.43. The number of fused-ring (bicyclic) bond motifs is 1.